The van der Waals surface area contributed by atoms with Crippen LogP contribution in [0.25, 0.3) is 0 Å². The first-order chi connectivity index (χ1) is 14.0. The molecule has 30 heavy (non-hydrogen) atoms. The van der Waals surface area contributed by atoms with E-state index in [1.165, 1.54) is 16.7 Å². The Morgan fingerprint density at radius 2 is 1.80 bits per heavy atom. The normalized spacial score (nSPS) is 26.0. The van der Waals surface area contributed by atoms with Gasteiger partial charge in [0, 0.05) is 18.7 Å². The second kappa shape index (κ2) is 7.13. The summed E-state index contributed by atoms with van der Waals surface area (Å²) in [5.74, 6) is 1.62. The van der Waals surface area contributed by atoms with E-state index in [1.54, 1.807) is 14.2 Å². The van der Waals surface area contributed by atoms with Gasteiger partial charge in [0.15, 0.2) is 19.8 Å². The van der Waals surface area contributed by atoms with Gasteiger partial charge >= 0.3 is 0 Å². The van der Waals surface area contributed by atoms with E-state index in [-0.39, 0.29) is 22.6 Å². The summed E-state index contributed by atoms with van der Waals surface area (Å²) in [7, 11) is 1.48. The summed E-state index contributed by atoms with van der Waals surface area (Å²) >= 11 is 0. The zero-order valence-electron chi connectivity index (χ0n) is 19.4. The number of hydrogen-bond acceptors (Lipinski definition) is 4. The largest absolute Gasteiger partial charge is 0.493 e. The van der Waals surface area contributed by atoms with E-state index in [2.05, 4.69) is 50.9 Å². The van der Waals surface area contributed by atoms with E-state index in [0.29, 0.717) is 0 Å². The maximum absolute atomic E-state index is 13.0. The Bertz CT molecular complexity index is 901. The minimum atomic E-state index is -1.86. The Balaban J connectivity index is 1.71. The average Bonchev–Trinajstić information content (AvgIpc) is 2.97. The first-order valence-corrected chi connectivity index (χ1v) is 13.9. The second-order valence-corrected chi connectivity index (χ2v) is 15.1. The third-order valence-electron chi connectivity index (χ3n) is 7.76. The van der Waals surface area contributed by atoms with E-state index in [0.717, 1.165) is 43.7 Å². The molecule has 1 amide bonds. The summed E-state index contributed by atoms with van der Waals surface area (Å²) in [6.07, 6.45) is 5.58. The Hall–Kier alpha value is -1.79. The molecule has 4 rings (SSSR count). The third kappa shape index (κ3) is 3.11. The summed E-state index contributed by atoms with van der Waals surface area (Å²) in [4.78, 5) is 15.1. The molecule has 1 aromatic carbocycles. The predicted octanol–water partition coefficient (Wildman–Crippen LogP) is 4.80. The summed E-state index contributed by atoms with van der Waals surface area (Å²) < 4.78 is 17.9. The van der Waals surface area contributed by atoms with Crippen LogP contribution in [0.2, 0.25) is 18.1 Å². The van der Waals surface area contributed by atoms with Gasteiger partial charge in [0.1, 0.15) is 0 Å². The van der Waals surface area contributed by atoms with Gasteiger partial charge in [-0.05, 0) is 72.6 Å². The van der Waals surface area contributed by atoms with Gasteiger partial charge in [0.25, 0.3) is 0 Å². The lowest BCUT2D eigenvalue weighted by Crippen LogP contribution is -2.53. The molecule has 5 nitrogen and oxygen atoms in total. The number of nitrogens with zero attached hydrogens (tertiary/aromatic N) is 1. The number of carbonyl (C=O) groups excluding carboxylic acids is 1. The molecule has 3 aliphatic rings. The van der Waals surface area contributed by atoms with Crippen LogP contribution in [-0.2, 0) is 21.2 Å². The molecule has 2 atom stereocenters. The second-order valence-electron chi connectivity index (χ2n) is 10.4. The first-order valence-electron chi connectivity index (χ1n) is 11.0. The topological polar surface area (TPSA) is 48.0 Å². The van der Waals surface area contributed by atoms with Crippen LogP contribution in [0.1, 0.15) is 51.2 Å². The van der Waals surface area contributed by atoms with Crippen molar-refractivity contribution >= 4 is 14.2 Å². The monoisotopic (exact) mass is 429 g/mol. The standard InChI is InChI=1S/C24H35NO4Si/c1-23(2,3)30(6,7)29-18-8-10-24-17(13-18)14-22(26)25(24)11-9-16-12-20(27-4)21(28-5)15-19(16)24/h12,14-15,18H,8-11,13H2,1-7H3/t18-,24+/m1/s1. The highest BCUT2D eigenvalue weighted by atomic mass is 28.4. The molecule has 0 N–H and O–H groups in total. The number of hydrogen-bond donors (Lipinski definition) is 0. The van der Waals surface area contributed by atoms with Crippen molar-refractivity contribution in [2.24, 2.45) is 0 Å². The molecule has 0 saturated heterocycles. The van der Waals surface area contributed by atoms with Crippen molar-refractivity contribution in [3.05, 3.63) is 34.9 Å². The van der Waals surface area contributed by atoms with Crippen LogP contribution >= 0.6 is 0 Å². The molecule has 1 aliphatic carbocycles. The molecule has 1 aromatic rings. The predicted molar refractivity (Wildman–Crippen MR) is 121 cm³/mol. The van der Waals surface area contributed by atoms with Crippen molar-refractivity contribution < 1.29 is 18.7 Å². The van der Waals surface area contributed by atoms with Gasteiger partial charge in [-0.2, -0.15) is 0 Å². The maximum Gasteiger partial charge on any atom is 0.247 e. The van der Waals surface area contributed by atoms with Crippen LogP contribution in [0.4, 0.5) is 0 Å². The van der Waals surface area contributed by atoms with Crippen molar-refractivity contribution in [1.82, 2.24) is 4.90 Å². The Morgan fingerprint density at radius 1 is 1.13 bits per heavy atom. The fourth-order valence-electron chi connectivity index (χ4n) is 5.14. The SMILES string of the molecule is COc1cc2c(cc1OC)[C@]13CC[C@@H](O[Si](C)(C)C(C)(C)C)CC1=CC(=O)N3CC2. The van der Waals surface area contributed by atoms with Crippen molar-refractivity contribution in [3.8, 4) is 11.5 Å². The zero-order chi connectivity index (χ0) is 21.9. The third-order valence-corrected chi connectivity index (χ3v) is 12.3. The number of rotatable bonds is 4. The Kier molecular flexibility index (Phi) is 5.09. The van der Waals surface area contributed by atoms with Gasteiger partial charge in [-0.15, -0.1) is 0 Å². The molecule has 1 spiro atoms. The number of amides is 1. The maximum atomic E-state index is 13.0. The molecule has 2 heterocycles. The van der Waals surface area contributed by atoms with Crippen LogP contribution < -0.4 is 9.47 Å². The van der Waals surface area contributed by atoms with Crippen molar-refractivity contribution in [2.75, 3.05) is 20.8 Å². The Labute approximate surface area is 181 Å². The van der Waals surface area contributed by atoms with E-state index >= 15 is 0 Å². The van der Waals surface area contributed by atoms with Gasteiger partial charge in [0.05, 0.1) is 19.8 Å². The minimum absolute atomic E-state index is 0.137. The number of fused-ring (bicyclic) bond motifs is 1. The van der Waals surface area contributed by atoms with Crippen LogP contribution in [0.3, 0.4) is 0 Å². The van der Waals surface area contributed by atoms with Gasteiger partial charge in [-0.3, -0.25) is 4.79 Å². The van der Waals surface area contributed by atoms with Gasteiger partial charge in [0.2, 0.25) is 5.91 Å². The lowest BCUT2D eigenvalue weighted by Gasteiger charge is -2.50. The number of methoxy groups -OCH3 is 2. The summed E-state index contributed by atoms with van der Waals surface area (Å²) in [5.41, 5.74) is 3.32. The molecular weight excluding hydrogens is 394 g/mol. The average molecular weight is 430 g/mol. The highest BCUT2D eigenvalue weighted by Crippen LogP contribution is 2.55. The van der Waals surface area contributed by atoms with Crippen molar-refractivity contribution in [2.45, 2.75) is 76.2 Å². The van der Waals surface area contributed by atoms with Crippen molar-refractivity contribution in [3.63, 3.8) is 0 Å². The molecule has 1 fully saturated rings. The summed E-state index contributed by atoms with van der Waals surface area (Å²) in [6, 6.07) is 4.20. The molecule has 0 radical (unpaired) electrons. The highest BCUT2D eigenvalue weighted by molar-refractivity contribution is 6.74. The fourth-order valence-corrected chi connectivity index (χ4v) is 6.53. The summed E-state index contributed by atoms with van der Waals surface area (Å²) in [5, 5.41) is 0.176. The van der Waals surface area contributed by atoms with Crippen LogP contribution in [0, 0.1) is 0 Å². The molecular formula is C24H35NO4Si. The van der Waals surface area contributed by atoms with Gasteiger partial charge in [-0.1, -0.05) is 20.8 Å². The lowest BCUT2D eigenvalue weighted by atomic mass is 9.69. The first kappa shape index (κ1) is 21.4. The molecule has 1 saturated carbocycles. The fraction of sp³-hybridized carbons (Fsp3) is 0.625. The highest BCUT2D eigenvalue weighted by Gasteiger charge is 2.54. The van der Waals surface area contributed by atoms with Crippen molar-refractivity contribution in [1.29, 1.82) is 0 Å². The lowest BCUT2D eigenvalue weighted by molar-refractivity contribution is -0.130. The summed E-state index contributed by atoms with van der Waals surface area (Å²) in [6.45, 7) is 12.2. The van der Waals surface area contributed by atoms with Gasteiger partial charge < -0.3 is 18.8 Å². The molecule has 6 heteroatoms. The van der Waals surface area contributed by atoms with E-state index in [9.17, 15) is 4.79 Å². The molecule has 164 valence electrons. The van der Waals surface area contributed by atoms with Gasteiger partial charge in [-0.25, -0.2) is 0 Å². The van der Waals surface area contributed by atoms with Crippen LogP contribution in [0.15, 0.2) is 23.8 Å². The van der Waals surface area contributed by atoms with E-state index in [4.69, 9.17) is 13.9 Å². The van der Waals surface area contributed by atoms with E-state index in [1.807, 2.05) is 6.08 Å². The van der Waals surface area contributed by atoms with Crippen LogP contribution in [0.5, 0.6) is 11.5 Å². The van der Waals surface area contributed by atoms with E-state index < -0.39 is 8.32 Å². The molecule has 0 unspecified atom stereocenters. The molecule has 0 aromatic heterocycles. The zero-order valence-corrected chi connectivity index (χ0v) is 20.4. The Morgan fingerprint density at radius 3 is 2.43 bits per heavy atom. The number of ether oxygens (including phenoxy) is 2. The number of carbonyl (C=O) groups is 1. The molecule has 2 aliphatic heterocycles. The quantitative estimate of drug-likeness (QED) is 0.645. The van der Waals surface area contributed by atoms with Crippen LogP contribution in [-0.4, -0.2) is 46.0 Å². The number of benzene rings is 1. The smallest absolute Gasteiger partial charge is 0.247 e. The molecule has 0 bridgehead atoms. The minimum Gasteiger partial charge on any atom is -0.493 e.